The van der Waals surface area contributed by atoms with Gasteiger partial charge in [-0.3, -0.25) is 4.90 Å². The first-order valence-corrected chi connectivity index (χ1v) is 9.75. The van der Waals surface area contributed by atoms with Gasteiger partial charge in [-0.1, -0.05) is 43.2 Å². The van der Waals surface area contributed by atoms with Crippen LogP contribution in [0.3, 0.4) is 0 Å². The summed E-state index contributed by atoms with van der Waals surface area (Å²) < 4.78 is 26.6. The summed E-state index contributed by atoms with van der Waals surface area (Å²) in [5.74, 6) is -2.63. The normalized spacial score (nSPS) is 22.5. The number of nitrogens with zero attached hydrogens (tertiary/aromatic N) is 2. The van der Waals surface area contributed by atoms with Gasteiger partial charge in [0.15, 0.2) is 0 Å². The van der Waals surface area contributed by atoms with E-state index in [2.05, 4.69) is 22.3 Å². The van der Waals surface area contributed by atoms with Crippen LogP contribution in [0.4, 0.5) is 13.6 Å². The first kappa shape index (κ1) is 19.1. The number of nitrogens with one attached hydrogen (secondary N) is 1. The second kappa shape index (κ2) is 8.80. The highest BCUT2D eigenvalue weighted by atomic mass is 19.3. The van der Waals surface area contributed by atoms with E-state index in [1.54, 1.807) is 0 Å². The van der Waals surface area contributed by atoms with Crippen molar-refractivity contribution in [3.8, 4) is 0 Å². The molecule has 1 N–H and O–H groups in total. The lowest BCUT2D eigenvalue weighted by atomic mass is 10.0. The van der Waals surface area contributed by atoms with Crippen LogP contribution in [0.2, 0.25) is 0 Å². The minimum Gasteiger partial charge on any atom is -0.336 e. The Morgan fingerprint density at radius 1 is 1.00 bits per heavy atom. The number of likely N-dealkylation sites (tertiary alicyclic amines) is 2. The van der Waals surface area contributed by atoms with Crippen LogP contribution in [0, 0.1) is 0 Å². The first-order chi connectivity index (χ1) is 12.6. The average Bonchev–Trinajstić information content (AvgIpc) is 2.92. The Morgan fingerprint density at radius 3 is 2.23 bits per heavy atom. The number of carbonyl (C=O) groups excluding carboxylic acids is 1. The van der Waals surface area contributed by atoms with Crippen LogP contribution < -0.4 is 5.32 Å². The Hall–Kier alpha value is -1.69. The van der Waals surface area contributed by atoms with Crippen LogP contribution in [0.1, 0.15) is 50.1 Å². The van der Waals surface area contributed by atoms with Gasteiger partial charge in [0.2, 0.25) is 0 Å². The molecular weight excluding hydrogens is 336 g/mol. The van der Waals surface area contributed by atoms with Crippen molar-refractivity contribution >= 4 is 6.03 Å². The highest BCUT2D eigenvalue weighted by molar-refractivity contribution is 5.74. The van der Waals surface area contributed by atoms with Gasteiger partial charge < -0.3 is 10.2 Å². The summed E-state index contributed by atoms with van der Waals surface area (Å²) in [7, 11) is 0. The van der Waals surface area contributed by atoms with E-state index in [9.17, 15) is 13.6 Å². The molecule has 1 aromatic rings. The molecule has 3 rings (SSSR count). The van der Waals surface area contributed by atoms with Gasteiger partial charge in [-0.25, -0.2) is 13.6 Å². The molecule has 0 unspecified atom stereocenters. The van der Waals surface area contributed by atoms with Crippen LogP contribution in [0.5, 0.6) is 0 Å². The van der Waals surface area contributed by atoms with E-state index in [1.165, 1.54) is 36.1 Å². The van der Waals surface area contributed by atoms with Crippen molar-refractivity contribution in [3.05, 3.63) is 35.9 Å². The van der Waals surface area contributed by atoms with E-state index in [1.807, 2.05) is 18.2 Å². The Labute approximate surface area is 154 Å². The quantitative estimate of drug-likeness (QED) is 0.874. The summed E-state index contributed by atoms with van der Waals surface area (Å²) in [6, 6.07) is 10.1. The third-order valence-corrected chi connectivity index (χ3v) is 5.49. The van der Waals surface area contributed by atoms with E-state index in [0.717, 1.165) is 13.1 Å². The predicted octanol–water partition coefficient (Wildman–Crippen LogP) is 4.04. The van der Waals surface area contributed by atoms with Crippen LogP contribution in [-0.2, 0) is 0 Å². The number of carbonyl (C=O) groups is 1. The number of amides is 2. The molecule has 1 atom stereocenters. The van der Waals surface area contributed by atoms with Crippen molar-refractivity contribution in [2.24, 2.45) is 0 Å². The van der Waals surface area contributed by atoms with Crippen molar-refractivity contribution in [2.45, 2.75) is 50.5 Å². The van der Waals surface area contributed by atoms with Crippen molar-refractivity contribution in [1.29, 1.82) is 0 Å². The van der Waals surface area contributed by atoms with Gasteiger partial charge in [-0.15, -0.1) is 0 Å². The molecule has 2 aliphatic heterocycles. The van der Waals surface area contributed by atoms with Crippen molar-refractivity contribution in [3.63, 3.8) is 0 Å². The molecule has 0 saturated carbocycles. The van der Waals surface area contributed by atoms with E-state index >= 15 is 0 Å². The summed E-state index contributed by atoms with van der Waals surface area (Å²) in [6.07, 6.45) is 4.39. The topological polar surface area (TPSA) is 35.6 Å². The smallest absolute Gasteiger partial charge is 0.317 e. The van der Waals surface area contributed by atoms with Crippen LogP contribution >= 0.6 is 0 Å². The number of hydrogen-bond acceptors (Lipinski definition) is 2. The van der Waals surface area contributed by atoms with Crippen molar-refractivity contribution in [2.75, 3.05) is 32.7 Å². The van der Waals surface area contributed by atoms with Crippen LogP contribution in [-0.4, -0.2) is 54.5 Å². The Bertz CT molecular complexity index is 564. The molecule has 2 fully saturated rings. The lowest BCUT2D eigenvalue weighted by Gasteiger charge is -2.34. The molecule has 26 heavy (non-hydrogen) atoms. The molecule has 0 bridgehead atoms. The van der Waals surface area contributed by atoms with Gasteiger partial charge in [0, 0.05) is 32.5 Å². The number of piperidine rings is 1. The standard InChI is InChI=1S/C20H29F2N3O/c21-20(22)10-14-25(15-11-20)19(26)23-16-18(17-8-4-3-5-9-17)24-12-6-1-2-7-13-24/h3-5,8-9,18H,1-2,6-7,10-16H2,(H,23,26)/t18-/m1/s1. The fourth-order valence-electron chi connectivity index (χ4n) is 3.87. The molecule has 2 heterocycles. The predicted molar refractivity (Wildman–Crippen MR) is 98.4 cm³/mol. The summed E-state index contributed by atoms with van der Waals surface area (Å²) in [6.45, 7) is 2.82. The van der Waals surface area contributed by atoms with Gasteiger partial charge in [-0.05, 0) is 31.5 Å². The molecular formula is C20H29F2N3O. The maximum atomic E-state index is 13.3. The van der Waals surface area contributed by atoms with E-state index in [4.69, 9.17) is 0 Å². The van der Waals surface area contributed by atoms with E-state index < -0.39 is 5.92 Å². The number of hydrogen-bond donors (Lipinski definition) is 1. The molecule has 144 valence electrons. The average molecular weight is 365 g/mol. The molecule has 6 heteroatoms. The fraction of sp³-hybridized carbons (Fsp3) is 0.650. The zero-order valence-electron chi connectivity index (χ0n) is 15.3. The van der Waals surface area contributed by atoms with Crippen molar-refractivity contribution < 1.29 is 13.6 Å². The molecule has 2 amide bonds. The number of urea groups is 1. The summed E-state index contributed by atoms with van der Waals surface area (Å²) >= 11 is 0. The van der Waals surface area contributed by atoms with Gasteiger partial charge in [0.05, 0.1) is 6.04 Å². The number of benzene rings is 1. The van der Waals surface area contributed by atoms with Gasteiger partial charge in [0.1, 0.15) is 0 Å². The fourth-order valence-corrected chi connectivity index (χ4v) is 3.87. The van der Waals surface area contributed by atoms with Gasteiger partial charge >= 0.3 is 6.03 Å². The Kier molecular flexibility index (Phi) is 6.46. The molecule has 0 aliphatic carbocycles. The van der Waals surface area contributed by atoms with E-state index in [0.29, 0.717) is 6.54 Å². The highest BCUT2D eigenvalue weighted by Gasteiger charge is 2.35. The molecule has 2 saturated heterocycles. The zero-order chi connectivity index (χ0) is 18.4. The summed E-state index contributed by atoms with van der Waals surface area (Å²) in [4.78, 5) is 16.4. The number of halogens is 2. The van der Waals surface area contributed by atoms with Gasteiger partial charge in [-0.2, -0.15) is 0 Å². The number of alkyl halides is 2. The molecule has 2 aliphatic rings. The van der Waals surface area contributed by atoms with Crippen LogP contribution in [0.15, 0.2) is 30.3 Å². The third-order valence-electron chi connectivity index (χ3n) is 5.49. The highest BCUT2D eigenvalue weighted by Crippen LogP contribution is 2.28. The third kappa shape index (κ3) is 5.16. The maximum absolute atomic E-state index is 13.3. The molecule has 0 spiro atoms. The number of rotatable bonds is 4. The van der Waals surface area contributed by atoms with E-state index in [-0.39, 0.29) is 38.0 Å². The molecule has 0 radical (unpaired) electrons. The summed E-state index contributed by atoms with van der Waals surface area (Å²) in [5.41, 5.74) is 1.19. The summed E-state index contributed by atoms with van der Waals surface area (Å²) in [5, 5.41) is 3.00. The molecule has 0 aromatic heterocycles. The second-order valence-corrected chi connectivity index (χ2v) is 7.41. The second-order valence-electron chi connectivity index (χ2n) is 7.41. The monoisotopic (exact) mass is 365 g/mol. The van der Waals surface area contributed by atoms with Gasteiger partial charge in [0.25, 0.3) is 5.92 Å². The Morgan fingerprint density at radius 2 is 1.62 bits per heavy atom. The maximum Gasteiger partial charge on any atom is 0.317 e. The first-order valence-electron chi connectivity index (χ1n) is 9.75. The molecule has 1 aromatic carbocycles. The lowest BCUT2D eigenvalue weighted by Crippen LogP contribution is -2.49. The minimum atomic E-state index is -2.63. The zero-order valence-corrected chi connectivity index (χ0v) is 15.3. The van der Waals surface area contributed by atoms with Crippen LogP contribution in [0.25, 0.3) is 0 Å². The molecule has 4 nitrogen and oxygen atoms in total. The largest absolute Gasteiger partial charge is 0.336 e. The lowest BCUT2D eigenvalue weighted by molar-refractivity contribution is -0.0470. The Balaban J connectivity index is 1.61. The minimum absolute atomic E-state index is 0.124. The SMILES string of the molecule is O=C(NC[C@H](c1ccccc1)N1CCCCCC1)N1CCC(F)(F)CC1. The van der Waals surface area contributed by atoms with Crippen molar-refractivity contribution in [1.82, 2.24) is 15.1 Å².